The molecule has 0 bridgehead atoms. The summed E-state index contributed by atoms with van der Waals surface area (Å²) in [5, 5.41) is 2.89. The number of sulfone groups is 1. The Morgan fingerprint density at radius 2 is 2.12 bits per heavy atom. The van der Waals surface area contributed by atoms with Gasteiger partial charge >= 0.3 is 0 Å². The summed E-state index contributed by atoms with van der Waals surface area (Å²) in [5.41, 5.74) is 5.66. The Labute approximate surface area is 103 Å². The highest BCUT2D eigenvalue weighted by Crippen LogP contribution is 2.24. The Hall–Kier alpha value is -0.620. The molecule has 1 amide bonds. The zero-order chi connectivity index (χ0) is 13.1. The van der Waals surface area contributed by atoms with Gasteiger partial charge in [0, 0.05) is 12.3 Å². The fourth-order valence-electron chi connectivity index (χ4n) is 2.12. The van der Waals surface area contributed by atoms with Crippen molar-refractivity contribution in [2.24, 2.45) is 11.7 Å². The van der Waals surface area contributed by atoms with Crippen LogP contribution in [0.5, 0.6) is 0 Å². The summed E-state index contributed by atoms with van der Waals surface area (Å²) in [6.07, 6.45) is 4.45. The molecule has 6 heteroatoms. The average Bonchev–Trinajstić information content (AvgIpc) is 2.59. The fourth-order valence-corrected chi connectivity index (χ4v) is 2.80. The number of rotatable bonds is 5. The maximum atomic E-state index is 11.7. The Morgan fingerprint density at radius 3 is 2.59 bits per heavy atom. The van der Waals surface area contributed by atoms with Gasteiger partial charge in [0.1, 0.15) is 9.84 Å². The predicted octanol–water partition coefficient (Wildman–Crippen LogP) is 0.0532. The van der Waals surface area contributed by atoms with E-state index in [1.165, 1.54) is 0 Å². The Kier molecular flexibility index (Phi) is 4.94. The van der Waals surface area contributed by atoms with Crippen molar-refractivity contribution in [3.8, 4) is 0 Å². The van der Waals surface area contributed by atoms with Gasteiger partial charge in [-0.1, -0.05) is 6.92 Å². The van der Waals surface area contributed by atoms with Crippen LogP contribution in [0.15, 0.2) is 0 Å². The van der Waals surface area contributed by atoms with Crippen LogP contribution in [0.25, 0.3) is 0 Å². The van der Waals surface area contributed by atoms with E-state index in [4.69, 9.17) is 5.73 Å². The molecule has 0 aliphatic heterocycles. The highest BCUT2D eigenvalue weighted by Gasteiger charge is 2.25. The van der Waals surface area contributed by atoms with Crippen molar-refractivity contribution in [3.05, 3.63) is 0 Å². The number of carbonyl (C=O) groups excluding carboxylic acids is 1. The second-order valence-electron chi connectivity index (χ2n) is 5.15. The first-order valence-corrected chi connectivity index (χ1v) is 8.07. The summed E-state index contributed by atoms with van der Waals surface area (Å²) in [6, 6.07) is -0.512. The summed E-state index contributed by atoms with van der Waals surface area (Å²) in [4.78, 5) is 11.7. The predicted molar refractivity (Wildman–Crippen MR) is 67.2 cm³/mol. The lowest BCUT2D eigenvalue weighted by molar-refractivity contribution is -0.123. The summed E-state index contributed by atoms with van der Waals surface area (Å²) >= 11 is 0. The molecule has 3 unspecified atom stereocenters. The maximum Gasteiger partial charge on any atom is 0.237 e. The fraction of sp³-hybridized carbons (Fsp3) is 0.909. The highest BCUT2D eigenvalue weighted by molar-refractivity contribution is 7.90. The first-order chi connectivity index (χ1) is 7.78. The largest absolute Gasteiger partial charge is 0.352 e. The lowest BCUT2D eigenvalue weighted by Crippen LogP contribution is -2.45. The second kappa shape index (κ2) is 5.82. The molecular weight excluding hydrogens is 240 g/mol. The molecule has 0 spiro atoms. The number of hydrogen-bond donors (Lipinski definition) is 2. The molecule has 17 heavy (non-hydrogen) atoms. The van der Waals surface area contributed by atoms with Crippen LogP contribution in [-0.2, 0) is 14.6 Å². The van der Waals surface area contributed by atoms with Crippen molar-refractivity contribution in [2.75, 3.05) is 12.0 Å². The number of carbonyl (C=O) groups is 1. The third-order valence-corrected chi connectivity index (χ3v) is 4.15. The first kappa shape index (κ1) is 14.4. The summed E-state index contributed by atoms with van der Waals surface area (Å²) < 4.78 is 21.9. The molecule has 3 atom stereocenters. The lowest BCUT2D eigenvalue weighted by Gasteiger charge is -2.16. The minimum atomic E-state index is -3.05. The van der Waals surface area contributed by atoms with E-state index in [1.54, 1.807) is 0 Å². The van der Waals surface area contributed by atoms with Gasteiger partial charge in [-0.2, -0.15) is 0 Å². The van der Waals surface area contributed by atoms with Gasteiger partial charge in [0.2, 0.25) is 5.91 Å². The van der Waals surface area contributed by atoms with Crippen LogP contribution in [0, 0.1) is 5.92 Å². The Bertz CT molecular complexity index is 367. The normalized spacial score (nSPS) is 26.8. The van der Waals surface area contributed by atoms with Crippen LogP contribution >= 0.6 is 0 Å². The number of nitrogens with one attached hydrogen (secondary N) is 1. The van der Waals surface area contributed by atoms with Crippen molar-refractivity contribution in [2.45, 2.75) is 44.7 Å². The van der Waals surface area contributed by atoms with Gasteiger partial charge in [0.15, 0.2) is 0 Å². The van der Waals surface area contributed by atoms with Crippen molar-refractivity contribution < 1.29 is 13.2 Å². The van der Waals surface area contributed by atoms with Crippen molar-refractivity contribution in [1.82, 2.24) is 5.32 Å². The van der Waals surface area contributed by atoms with Gasteiger partial charge in [0.05, 0.1) is 11.8 Å². The molecule has 0 heterocycles. The molecule has 0 aromatic carbocycles. The van der Waals surface area contributed by atoms with Gasteiger partial charge in [-0.15, -0.1) is 0 Å². The van der Waals surface area contributed by atoms with Crippen LogP contribution in [0.2, 0.25) is 0 Å². The molecule has 1 rings (SSSR count). The minimum Gasteiger partial charge on any atom is -0.352 e. The van der Waals surface area contributed by atoms with Gasteiger partial charge in [0.25, 0.3) is 0 Å². The molecule has 0 radical (unpaired) electrons. The van der Waals surface area contributed by atoms with E-state index in [2.05, 4.69) is 12.2 Å². The molecule has 1 fully saturated rings. The summed E-state index contributed by atoms with van der Waals surface area (Å²) in [6.45, 7) is 2.16. The van der Waals surface area contributed by atoms with Crippen LogP contribution in [0.4, 0.5) is 0 Å². The monoisotopic (exact) mass is 262 g/mol. The molecule has 0 aromatic rings. The van der Waals surface area contributed by atoms with E-state index in [-0.39, 0.29) is 24.1 Å². The van der Waals surface area contributed by atoms with E-state index in [0.29, 0.717) is 5.92 Å². The Morgan fingerprint density at radius 1 is 1.47 bits per heavy atom. The van der Waals surface area contributed by atoms with Crippen molar-refractivity contribution >= 4 is 15.7 Å². The van der Waals surface area contributed by atoms with Gasteiger partial charge in [-0.25, -0.2) is 8.42 Å². The smallest absolute Gasteiger partial charge is 0.237 e. The van der Waals surface area contributed by atoms with E-state index in [0.717, 1.165) is 25.5 Å². The maximum absolute atomic E-state index is 11.7. The molecule has 0 saturated heterocycles. The topological polar surface area (TPSA) is 89.3 Å². The van der Waals surface area contributed by atoms with Gasteiger partial charge in [-0.05, 0) is 31.6 Å². The van der Waals surface area contributed by atoms with Crippen LogP contribution in [0.1, 0.15) is 32.6 Å². The molecule has 0 aromatic heterocycles. The molecule has 100 valence electrons. The number of amides is 1. The highest BCUT2D eigenvalue weighted by atomic mass is 32.2. The Balaban J connectivity index is 2.32. The summed E-state index contributed by atoms with van der Waals surface area (Å²) in [5.74, 6) is 0.378. The molecule has 1 aliphatic rings. The van der Waals surface area contributed by atoms with E-state index in [1.807, 2.05) is 0 Å². The number of hydrogen-bond acceptors (Lipinski definition) is 4. The standard InChI is InChI=1S/C11H22N2O3S/c1-8-3-4-9(7-8)13-11(14)10(12)5-6-17(2,15)16/h8-10H,3-7,12H2,1-2H3,(H,13,14). The molecule has 3 N–H and O–H groups in total. The minimum absolute atomic E-state index is 0.0390. The molecule has 5 nitrogen and oxygen atoms in total. The van der Waals surface area contributed by atoms with Gasteiger partial charge < -0.3 is 11.1 Å². The van der Waals surface area contributed by atoms with E-state index < -0.39 is 15.9 Å². The third kappa shape index (κ3) is 5.50. The lowest BCUT2D eigenvalue weighted by atomic mass is 10.1. The third-order valence-electron chi connectivity index (χ3n) is 3.18. The molecule has 1 saturated carbocycles. The van der Waals surface area contributed by atoms with Crippen LogP contribution in [0.3, 0.4) is 0 Å². The molecular formula is C11H22N2O3S. The quantitative estimate of drug-likeness (QED) is 0.733. The van der Waals surface area contributed by atoms with Crippen LogP contribution in [-0.4, -0.2) is 38.4 Å². The molecule has 1 aliphatic carbocycles. The SMILES string of the molecule is CC1CCC(NC(=O)C(N)CCS(C)(=O)=O)C1. The number of nitrogens with two attached hydrogens (primary N) is 1. The van der Waals surface area contributed by atoms with E-state index in [9.17, 15) is 13.2 Å². The van der Waals surface area contributed by atoms with E-state index >= 15 is 0 Å². The zero-order valence-electron chi connectivity index (χ0n) is 10.5. The first-order valence-electron chi connectivity index (χ1n) is 6.01. The zero-order valence-corrected chi connectivity index (χ0v) is 11.3. The van der Waals surface area contributed by atoms with Crippen molar-refractivity contribution in [3.63, 3.8) is 0 Å². The summed E-state index contributed by atoms with van der Waals surface area (Å²) in [7, 11) is -3.05. The van der Waals surface area contributed by atoms with Crippen LogP contribution < -0.4 is 11.1 Å². The average molecular weight is 262 g/mol. The second-order valence-corrected chi connectivity index (χ2v) is 7.41. The van der Waals surface area contributed by atoms with Gasteiger partial charge in [-0.3, -0.25) is 4.79 Å². The van der Waals surface area contributed by atoms with Crippen molar-refractivity contribution in [1.29, 1.82) is 0 Å².